The number of nitrogens with zero attached hydrogens (tertiary/aromatic N) is 1. The van der Waals surface area contributed by atoms with Gasteiger partial charge in [-0.3, -0.25) is 9.20 Å². The molecule has 2 heterocycles. The molecule has 0 atom stereocenters. The van der Waals surface area contributed by atoms with Gasteiger partial charge < -0.3 is 4.98 Å². The van der Waals surface area contributed by atoms with Gasteiger partial charge in [0, 0.05) is 18.5 Å². The number of rotatable bonds is 0. The fraction of sp³-hybridized carbons (Fsp3) is 0.417. The Balaban J connectivity index is 0.000000442. The molecule has 2 aromatic heterocycles. The lowest BCUT2D eigenvalue weighted by Gasteiger charge is -1.92. The molecule has 0 unspecified atom stereocenters. The molecular formula is C12H20N2O. The minimum Gasteiger partial charge on any atom is -0.346 e. The van der Waals surface area contributed by atoms with Gasteiger partial charge in [0.05, 0.1) is 0 Å². The van der Waals surface area contributed by atoms with Crippen LogP contribution in [0, 0.1) is 6.92 Å². The summed E-state index contributed by atoms with van der Waals surface area (Å²) in [5, 5.41) is 0. The van der Waals surface area contributed by atoms with E-state index in [0.29, 0.717) is 0 Å². The molecule has 0 fully saturated rings. The summed E-state index contributed by atoms with van der Waals surface area (Å²) < 4.78 is 1.58. The zero-order valence-corrected chi connectivity index (χ0v) is 10.2. The Morgan fingerprint density at radius 3 is 2.33 bits per heavy atom. The number of hydrogen-bond donors (Lipinski definition) is 1. The first-order valence-corrected chi connectivity index (χ1v) is 5.44. The zero-order valence-electron chi connectivity index (χ0n) is 10.2. The molecule has 15 heavy (non-hydrogen) atoms. The van der Waals surface area contributed by atoms with Gasteiger partial charge in [-0.2, -0.15) is 0 Å². The van der Waals surface area contributed by atoms with E-state index < -0.39 is 0 Å². The summed E-state index contributed by atoms with van der Waals surface area (Å²) in [7, 11) is 0. The normalized spacial score (nSPS) is 8.60. The monoisotopic (exact) mass is 208 g/mol. The van der Waals surface area contributed by atoms with E-state index in [4.69, 9.17) is 0 Å². The number of nitrogens with one attached hydrogen (secondary N) is 1. The molecule has 84 valence electrons. The predicted molar refractivity (Wildman–Crippen MR) is 65.5 cm³/mol. The van der Waals surface area contributed by atoms with Crippen molar-refractivity contribution < 1.29 is 0 Å². The molecule has 0 spiro atoms. The maximum absolute atomic E-state index is 11.2. The molecule has 0 aliphatic heterocycles. The second kappa shape index (κ2) is 6.87. The first kappa shape index (κ1) is 13.5. The highest BCUT2D eigenvalue weighted by Crippen LogP contribution is 1.98. The van der Waals surface area contributed by atoms with Crippen LogP contribution >= 0.6 is 0 Å². The third-order valence-corrected chi connectivity index (χ3v) is 1.67. The fourth-order valence-electron chi connectivity index (χ4n) is 1.17. The van der Waals surface area contributed by atoms with Gasteiger partial charge in [-0.1, -0.05) is 27.7 Å². The number of imidazole rings is 1. The topological polar surface area (TPSA) is 37.3 Å². The minimum atomic E-state index is 0.0150. The highest BCUT2D eigenvalue weighted by atomic mass is 16.1. The number of pyridine rings is 1. The van der Waals surface area contributed by atoms with Crippen LogP contribution in [0.5, 0.6) is 0 Å². The molecule has 3 nitrogen and oxygen atoms in total. The van der Waals surface area contributed by atoms with E-state index in [9.17, 15) is 4.79 Å². The molecule has 0 radical (unpaired) electrons. The van der Waals surface area contributed by atoms with E-state index >= 15 is 0 Å². The van der Waals surface area contributed by atoms with Gasteiger partial charge in [-0.15, -0.1) is 0 Å². The first-order valence-electron chi connectivity index (χ1n) is 5.44. The average molecular weight is 208 g/mol. The molecule has 1 N–H and O–H groups in total. The third-order valence-electron chi connectivity index (χ3n) is 1.67. The number of fused-ring (bicyclic) bond motifs is 1. The van der Waals surface area contributed by atoms with Crippen LogP contribution in [-0.4, -0.2) is 9.38 Å². The van der Waals surface area contributed by atoms with Crippen molar-refractivity contribution in [3.63, 3.8) is 0 Å². The van der Waals surface area contributed by atoms with Crippen molar-refractivity contribution >= 4 is 5.65 Å². The molecule has 0 aliphatic rings. The smallest absolute Gasteiger partial charge is 0.256 e. The Morgan fingerprint density at radius 1 is 1.13 bits per heavy atom. The number of H-pyrrole nitrogens is 1. The van der Waals surface area contributed by atoms with Gasteiger partial charge in [-0.25, -0.2) is 0 Å². The fourth-order valence-corrected chi connectivity index (χ4v) is 1.17. The molecule has 0 bridgehead atoms. The zero-order chi connectivity index (χ0) is 11.8. The van der Waals surface area contributed by atoms with E-state index in [0.717, 1.165) is 11.2 Å². The number of hydrogen-bond acceptors (Lipinski definition) is 1. The summed E-state index contributed by atoms with van der Waals surface area (Å²) in [6.45, 7) is 9.90. The maximum Gasteiger partial charge on any atom is 0.256 e. The van der Waals surface area contributed by atoms with Crippen molar-refractivity contribution in [3.8, 4) is 0 Å². The largest absolute Gasteiger partial charge is 0.346 e. The lowest BCUT2D eigenvalue weighted by Crippen LogP contribution is -2.09. The Labute approximate surface area is 90.8 Å². The Kier molecular flexibility index (Phi) is 6.18. The van der Waals surface area contributed by atoms with Crippen LogP contribution in [0.3, 0.4) is 0 Å². The Bertz CT molecular complexity index is 440. The second-order valence-electron chi connectivity index (χ2n) is 2.59. The van der Waals surface area contributed by atoms with Gasteiger partial charge >= 0.3 is 0 Å². The number of aromatic nitrogens is 2. The number of aromatic amines is 1. The lowest BCUT2D eigenvalue weighted by atomic mass is 10.3. The number of aryl methyl sites for hydroxylation is 1. The van der Waals surface area contributed by atoms with Crippen LogP contribution in [0.25, 0.3) is 5.65 Å². The summed E-state index contributed by atoms with van der Waals surface area (Å²) in [4.78, 5) is 14.2. The highest BCUT2D eigenvalue weighted by molar-refractivity contribution is 5.40. The van der Waals surface area contributed by atoms with Crippen molar-refractivity contribution in [2.75, 3.05) is 0 Å². The van der Waals surface area contributed by atoms with Gasteiger partial charge in [0.25, 0.3) is 5.56 Å². The van der Waals surface area contributed by atoms with Crippen LogP contribution in [0.4, 0.5) is 0 Å². The molecule has 0 aliphatic carbocycles. The molecule has 3 heteroatoms. The Hall–Kier alpha value is -1.51. The van der Waals surface area contributed by atoms with Crippen LogP contribution in [0.1, 0.15) is 33.3 Å². The van der Waals surface area contributed by atoms with Crippen molar-refractivity contribution in [3.05, 3.63) is 40.4 Å². The van der Waals surface area contributed by atoms with E-state index in [-0.39, 0.29) is 5.56 Å². The molecule has 2 rings (SSSR count). The van der Waals surface area contributed by atoms with E-state index in [1.807, 2.05) is 40.7 Å². The standard InChI is InChI=1S/C8H8N2O.2C2H6/c1-6-4-7-9-2-3-10(7)8(11)5-6;2*1-2/h2-5,9H,1H3;2*1-2H3. The van der Waals surface area contributed by atoms with Crippen molar-refractivity contribution in [2.24, 2.45) is 0 Å². The van der Waals surface area contributed by atoms with Crippen molar-refractivity contribution in [1.29, 1.82) is 0 Å². The van der Waals surface area contributed by atoms with Gasteiger partial charge in [-0.05, 0) is 18.6 Å². The van der Waals surface area contributed by atoms with Gasteiger partial charge in [0.15, 0.2) is 0 Å². The summed E-state index contributed by atoms with van der Waals surface area (Å²) in [5.74, 6) is 0. The van der Waals surface area contributed by atoms with Crippen LogP contribution in [0.15, 0.2) is 29.3 Å². The molecule has 2 aromatic rings. The SMILES string of the molecule is CC.CC.Cc1cc(=O)n2cc[nH]c2c1. The molecular weight excluding hydrogens is 188 g/mol. The van der Waals surface area contributed by atoms with Crippen LogP contribution in [0.2, 0.25) is 0 Å². The molecule has 0 amide bonds. The van der Waals surface area contributed by atoms with Gasteiger partial charge in [0.2, 0.25) is 0 Å². The lowest BCUT2D eigenvalue weighted by molar-refractivity contribution is 1.10. The van der Waals surface area contributed by atoms with Gasteiger partial charge in [0.1, 0.15) is 5.65 Å². The predicted octanol–water partition coefficient (Wildman–Crippen LogP) is 2.99. The first-order chi connectivity index (χ1) is 7.27. The molecule has 0 saturated heterocycles. The van der Waals surface area contributed by atoms with E-state index in [2.05, 4.69) is 4.98 Å². The van der Waals surface area contributed by atoms with E-state index in [1.54, 1.807) is 22.9 Å². The third kappa shape index (κ3) is 3.27. The molecule has 0 saturated carbocycles. The second-order valence-corrected chi connectivity index (χ2v) is 2.59. The van der Waals surface area contributed by atoms with Crippen LogP contribution < -0.4 is 5.56 Å². The van der Waals surface area contributed by atoms with E-state index in [1.165, 1.54) is 0 Å². The average Bonchev–Trinajstić information content (AvgIpc) is 2.72. The quantitative estimate of drug-likeness (QED) is 0.710. The summed E-state index contributed by atoms with van der Waals surface area (Å²) in [6, 6.07) is 3.54. The minimum absolute atomic E-state index is 0.0150. The van der Waals surface area contributed by atoms with Crippen LogP contribution in [-0.2, 0) is 0 Å². The van der Waals surface area contributed by atoms with Crippen molar-refractivity contribution in [2.45, 2.75) is 34.6 Å². The Morgan fingerprint density at radius 2 is 1.73 bits per heavy atom. The summed E-state index contributed by atoms with van der Waals surface area (Å²) in [6.07, 6.45) is 3.47. The summed E-state index contributed by atoms with van der Waals surface area (Å²) in [5.41, 5.74) is 1.84. The van der Waals surface area contributed by atoms with Crippen molar-refractivity contribution in [1.82, 2.24) is 9.38 Å². The highest BCUT2D eigenvalue weighted by Gasteiger charge is 1.95. The summed E-state index contributed by atoms with van der Waals surface area (Å²) >= 11 is 0. The maximum atomic E-state index is 11.2. The molecule has 0 aromatic carbocycles.